The highest BCUT2D eigenvalue weighted by molar-refractivity contribution is 7.12. The third kappa shape index (κ3) is 3.48. The SMILES string of the molecule is CCC(CC)n1ccc(CC(NN)c2ccc(C)s2)n1. The van der Waals surface area contributed by atoms with Crippen molar-refractivity contribution in [2.45, 2.75) is 52.1 Å². The van der Waals surface area contributed by atoms with E-state index in [2.05, 4.69) is 55.3 Å². The lowest BCUT2D eigenvalue weighted by Crippen LogP contribution is -2.29. The number of hydrogen-bond donors (Lipinski definition) is 2. The number of aromatic nitrogens is 2. The molecule has 0 amide bonds. The molecule has 4 nitrogen and oxygen atoms in total. The summed E-state index contributed by atoms with van der Waals surface area (Å²) in [5.74, 6) is 5.70. The molecule has 2 aromatic heterocycles. The van der Waals surface area contributed by atoms with Crippen LogP contribution in [0.25, 0.3) is 0 Å². The summed E-state index contributed by atoms with van der Waals surface area (Å²) < 4.78 is 2.09. The fraction of sp³-hybridized carbons (Fsp3) is 0.533. The van der Waals surface area contributed by atoms with Crippen molar-refractivity contribution >= 4 is 11.3 Å². The summed E-state index contributed by atoms with van der Waals surface area (Å²) in [6.07, 6.45) is 5.13. The Morgan fingerprint density at radius 2 is 2.05 bits per heavy atom. The molecule has 2 aromatic rings. The zero-order valence-electron chi connectivity index (χ0n) is 12.5. The van der Waals surface area contributed by atoms with Gasteiger partial charge in [0.25, 0.3) is 0 Å². The highest BCUT2D eigenvalue weighted by atomic mass is 32.1. The van der Waals surface area contributed by atoms with Crippen LogP contribution < -0.4 is 11.3 Å². The van der Waals surface area contributed by atoms with Gasteiger partial charge in [-0.15, -0.1) is 11.3 Å². The Balaban J connectivity index is 2.08. The van der Waals surface area contributed by atoms with Gasteiger partial charge in [-0.1, -0.05) is 13.8 Å². The number of nitrogens with one attached hydrogen (secondary N) is 1. The fourth-order valence-corrected chi connectivity index (χ4v) is 3.38. The summed E-state index contributed by atoms with van der Waals surface area (Å²) >= 11 is 1.78. The van der Waals surface area contributed by atoms with Crippen LogP contribution in [0.3, 0.4) is 0 Å². The van der Waals surface area contributed by atoms with Gasteiger partial charge in [-0.2, -0.15) is 5.10 Å². The van der Waals surface area contributed by atoms with Crippen molar-refractivity contribution in [3.05, 3.63) is 39.8 Å². The number of thiophene rings is 1. The van der Waals surface area contributed by atoms with E-state index in [0.717, 1.165) is 25.0 Å². The summed E-state index contributed by atoms with van der Waals surface area (Å²) in [5, 5.41) is 4.70. The zero-order valence-corrected chi connectivity index (χ0v) is 13.3. The first-order chi connectivity index (χ1) is 9.67. The number of hydrogen-bond acceptors (Lipinski definition) is 4. The van der Waals surface area contributed by atoms with Crippen molar-refractivity contribution in [2.75, 3.05) is 0 Å². The van der Waals surface area contributed by atoms with Crippen LogP contribution in [0.2, 0.25) is 0 Å². The van der Waals surface area contributed by atoms with E-state index in [1.807, 2.05) is 0 Å². The second-order valence-corrected chi connectivity index (χ2v) is 6.45. The van der Waals surface area contributed by atoms with Crippen LogP contribution in [0.15, 0.2) is 24.4 Å². The van der Waals surface area contributed by atoms with Crippen molar-refractivity contribution < 1.29 is 0 Å². The van der Waals surface area contributed by atoms with Gasteiger partial charge >= 0.3 is 0 Å². The number of aryl methyl sites for hydroxylation is 1. The van der Waals surface area contributed by atoms with Crippen LogP contribution in [0.5, 0.6) is 0 Å². The average Bonchev–Trinajstić information content (AvgIpc) is 3.07. The second-order valence-electron chi connectivity index (χ2n) is 5.13. The van der Waals surface area contributed by atoms with Crippen LogP contribution in [0, 0.1) is 6.92 Å². The van der Waals surface area contributed by atoms with Gasteiger partial charge in [0, 0.05) is 22.4 Å². The first kappa shape index (κ1) is 15.2. The van der Waals surface area contributed by atoms with Crippen LogP contribution >= 0.6 is 11.3 Å². The fourth-order valence-electron chi connectivity index (χ4n) is 2.44. The van der Waals surface area contributed by atoms with Gasteiger partial charge in [0.15, 0.2) is 0 Å². The van der Waals surface area contributed by atoms with E-state index >= 15 is 0 Å². The lowest BCUT2D eigenvalue weighted by Gasteiger charge is -2.14. The van der Waals surface area contributed by atoms with Crippen molar-refractivity contribution in [2.24, 2.45) is 5.84 Å². The molecule has 0 aliphatic heterocycles. The van der Waals surface area contributed by atoms with Crippen LogP contribution in [-0.4, -0.2) is 9.78 Å². The third-order valence-electron chi connectivity index (χ3n) is 3.70. The van der Waals surface area contributed by atoms with Gasteiger partial charge in [-0.25, -0.2) is 0 Å². The Morgan fingerprint density at radius 1 is 1.30 bits per heavy atom. The predicted octanol–water partition coefficient (Wildman–Crippen LogP) is 3.36. The Morgan fingerprint density at radius 3 is 2.60 bits per heavy atom. The van der Waals surface area contributed by atoms with E-state index in [9.17, 15) is 0 Å². The maximum Gasteiger partial charge on any atom is 0.0644 e. The topological polar surface area (TPSA) is 55.9 Å². The molecule has 2 rings (SSSR count). The minimum Gasteiger partial charge on any atom is -0.271 e. The highest BCUT2D eigenvalue weighted by Crippen LogP contribution is 2.25. The van der Waals surface area contributed by atoms with E-state index in [1.54, 1.807) is 11.3 Å². The van der Waals surface area contributed by atoms with Crippen molar-refractivity contribution in [1.82, 2.24) is 15.2 Å². The molecule has 5 heteroatoms. The maximum atomic E-state index is 5.70. The summed E-state index contributed by atoms with van der Waals surface area (Å²) in [7, 11) is 0. The number of nitrogens with two attached hydrogens (primary N) is 1. The zero-order chi connectivity index (χ0) is 14.5. The Kier molecular flexibility index (Phi) is 5.34. The Labute approximate surface area is 125 Å². The molecule has 0 saturated carbocycles. The van der Waals surface area contributed by atoms with E-state index in [-0.39, 0.29) is 6.04 Å². The molecule has 1 unspecified atom stereocenters. The minimum atomic E-state index is 0.138. The molecule has 1 atom stereocenters. The summed E-state index contributed by atoms with van der Waals surface area (Å²) in [4.78, 5) is 2.57. The molecule has 0 bridgehead atoms. The molecule has 0 saturated heterocycles. The maximum absolute atomic E-state index is 5.70. The third-order valence-corrected chi connectivity index (χ3v) is 4.81. The number of nitrogens with zero attached hydrogens (tertiary/aromatic N) is 2. The van der Waals surface area contributed by atoms with Crippen LogP contribution in [0.4, 0.5) is 0 Å². The molecule has 0 aliphatic rings. The van der Waals surface area contributed by atoms with Gasteiger partial charge in [0.2, 0.25) is 0 Å². The Hall–Kier alpha value is -1.17. The lowest BCUT2D eigenvalue weighted by molar-refractivity contribution is 0.423. The minimum absolute atomic E-state index is 0.138. The summed E-state index contributed by atoms with van der Waals surface area (Å²) in [6.45, 7) is 6.52. The van der Waals surface area contributed by atoms with Gasteiger partial charge < -0.3 is 0 Å². The lowest BCUT2D eigenvalue weighted by atomic mass is 10.1. The molecule has 3 N–H and O–H groups in total. The first-order valence-electron chi connectivity index (χ1n) is 7.24. The molecule has 0 radical (unpaired) electrons. The van der Waals surface area contributed by atoms with Gasteiger partial charge in [-0.05, 0) is 38.0 Å². The van der Waals surface area contributed by atoms with E-state index in [4.69, 9.17) is 10.9 Å². The molecule has 0 fully saturated rings. The molecule has 0 aliphatic carbocycles. The monoisotopic (exact) mass is 292 g/mol. The van der Waals surface area contributed by atoms with Crippen molar-refractivity contribution in [1.29, 1.82) is 0 Å². The van der Waals surface area contributed by atoms with Crippen LogP contribution in [-0.2, 0) is 6.42 Å². The van der Waals surface area contributed by atoms with E-state index in [1.165, 1.54) is 9.75 Å². The number of rotatable bonds is 7. The smallest absolute Gasteiger partial charge is 0.0644 e. The largest absolute Gasteiger partial charge is 0.271 e. The molecule has 110 valence electrons. The normalized spacial score (nSPS) is 13.1. The first-order valence-corrected chi connectivity index (χ1v) is 8.06. The average molecular weight is 292 g/mol. The van der Waals surface area contributed by atoms with Gasteiger partial charge in [0.1, 0.15) is 0 Å². The number of hydrazine groups is 1. The quantitative estimate of drug-likeness (QED) is 0.608. The predicted molar refractivity (Wildman–Crippen MR) is 84.7 cm³/mol. The van der Waals surface area contributed by atoms with Gasteiger partial charge in [0.05, 0.1) is 17.8 Å². The molecule has 0 aromatic carbocycles. The standard InChI is InChI=1S/C15H24N4S/c1-4-13(5-2)19-9-8-12(18-19)10-14(17-16)15-7-6-11(3)20-15/h6-9,13-14,17H,4-5,10,16H2,1-3H3. The molecular weight excluding hydrogens is 268 g/mol. The summed E-state index contributed by atoms with van der Waals surface area (Å²) in [5.41, 5.74) is 4.00. The van der Waals surface area contributed by atoms with Crippen molar-refractivity contribution in [3.63, 3.8) is 0 Å². The van der Waals surface area contributed by atoms with E-state index in [0.29, 0.717) is 6.04 Å². The van der Waals surface area contributed by atoms with E-state index < -0.39 is 0 Å². The molecular formula is C15H24N4S. The highest BCUT2D eigenvalue weighted by Gasteiger charge is 2.15. The van der Waals surface area contributed by atoms with Crippen LogP contribution in [0.1, 0.15) is 54.2 Å². The second kappa shape index (κ2) is 7.02. The molecule has 0 spiro atoms. The molecule has 2 heterocycles. The summed E-state index contributed by atoms with van der Waals surface area (Å²) in [6, 6.07) is 7.01. The van der Waals surface area contributed by atoms with Crippen molar-refractivity contribution in [3.8, 4) is 0 Å². The molecule has 20 heavy (non-hydrogen) atoms. The van der Waals surface area contributed by atoms with Gasteiger partial charge in [-0.3, -0.25) is 16.0 Å². The Bertz CT molecular complexity index is 527.